The molecule has 0 spiro atoms. The number of ether oxygens (including phenoxy) is 1. The van der Waals surface area contributed by atoms with Crippen LogP contribution in [0.5, 0.6) is 0 Å². The zero-order chi connectivity index (χ0) is 15.1. The van der Waals surface area contributed by atoms with Gasteiger partial charge in [-0.3, -0.25) is 9.59 Å². The molecule has 0 unspecified atom stereocenters. The molecule has 0 bridgehead atoms. The fourth-order valence-electron chi connectivity index (χ4n) is 1.29. The quantitative estimate of drug-likeness (QED) is 0.748. The Balaban J connectivity index is 4.16. The monoisotopic (exact) mass is 274 g/mol. The predicted octanol–water partition coefficient (Wildman–Crippen LogP) is 0.834. The lowest BCUT2D eigenvalue weighted by molar-refractivity contribution is -0.144. The number of carbonyl (C=O) groups excluding carboxylic acids is 2. The fourth-order valence-corrected chi connectivity index (χ4v) is 1.29. The SMILES string of the molecule is CCC(=O)N(CCNC(=O)OC(C)(C)C)CC(=O)O. The van der Waals surface area contributed by atoms with E-state index in [9.17, 15) is 14.4 Å². The number of alkyl carbamates (subject to hydrolysis) is 1. The minimum absolute atomic E-state index is 0.137. The Morgan fingerprint density at radius 2 is 1.84 bits per heavy atom. The Kier molecular flexibility index (Phi) is 6.89. The van der Waals surface area contributed by atoms with Crippen LogP contribution in [0.1, 0.15) is 34.1 Å². The minimum Gasteiger partial charge on any atom is -0.480 e. The van der Waals surface area contributed by atoms with Crippen LogP contribution in [-0.4, -0.2) is 53.2 Å². The highest BCUT2D eigenvalue weighted by molar-refractivity contribution is 5.81. The Morgan fingerprint density at radius 1 is 1.26 bits per heavy atom. The number of amides is 2. The molecule has 2 amide bonds. The van der Waals surface area contributed by atoms with Crippen molar-refractivity contribution in [2.45, 2.75) is 39.7 Å². The van der Waals surface area contributed by atoms with E-state index in [2.05, 4.69) is 5.32 Å². The van der Waals surface area contributed by atoms with Gasteiger partial charge in [-0.1, -0.05) is 6.92 Å². The zero-order valence-electron chi connectivity index (χ0n) is 11.9. The topological polar surface area (TPSA) is 95.9 Å². The lowest BCUT2D eigenvalue weighted by atomic mass is 10.2. The molecule has 0 heterocycles. The first kappa shape index (κ1) is 17.2. The molecule has 0 aromatic rings. The van der Waals surface area contributed by atoms with E-state index < -0.39 is 17.7 Å². The summed E-state index contributed by atoms with van der Waals surface area (Å²) in [7, 11) is 0. The Bertz CT molecular complexity index is 336. The summed E-state index contributed by atoms with van der Waals surface area (Å²) in [5, 5.41) is 11.2. The zero-order valence-corrected chi connectivity index (χ0v) is 11.9. The lowest BCUT2D eigenvalue weighted by Crippen LogP contribution is -2.42. The summed E-state index contributed by atoms with van der Waals surface area (Å²) in [5.41, 5.74) is -0.593. The first-order valence-electron chi connectivity index (χ1n) is 6.12. The number of carboxylic acid groups (broad SMARTS) is 1. The molecule has 0 atom stereocenters. The van der Waals surface area contributed by atoms with Crippen molar-refractivity contribution in [3.8, 4) is 0 Å². The van der Waals surface area contributed by atoms with Crippen LogP contribution in [0.15, 0.2) is 0 Å². The Morgan fingerprint density at radius 3 is 2.26 bits per heavy atom. The Hall–Kier alpha value is -1.79. The van der Waals surface area contributed by atoms with E-state index in [1.54, 1.807) is 27.7 Å². The second-order valence-corrected chi connectivity index (χ2v) is 4.99. The van der Waals surface area contributed by atoms with Crippen LogP contribution in [0.4, 0.5) is 4.79 Å². The normalized spacial score (nSPS) is 10.7. The second-order valence-electron chi connectivity index (χ2n) is 4.99. The molecule has 110 valence electrons. The highest BCUT2D eigenvalue weighted by atomic mass is 16.6. The van der Waals surface area contributed by atoms with Crippen molar-refractivity contribution in [3.05, 3.63) is 0 Å². The number of aliphatic carboxylic acids is 1. The average molecular weight is 274 g/mol. The van der Waals surface area contributed by atoms with Gasteiger partial charge in [0.05, 0.1) is 0 Å². The van der Waals surface area contributed by atoms with Crippen LogP contribution in [0, 0.1) is 0 Å². The van der Waals surface area contributed by atoms with Crippen LogP contribution in [0.3, 0.4) is 0 Å². The van der Waals surface area contributed by atoms with Gasteiger partial charge in [0.2, 0.25) is 5.91 Å². The van der Waals surface area contributed by atoms with E-state index in [1.807, 2.05) is 0 Å². The predicted molar refractivity (Wildman–Crippen MR) is 68.7 cm³/mol. The van der Waals surface area contributed by atoms with Gasteiger partial charge in [0, 0.05) is 19.5 Å². The van der Waals surface area contributed by atoms with Gasteiger partial charge < -0.3 is 20.1 Å². The van der Waals surface area contributed by atoms with E-state index in [0.29, 0.717) is 0 Å². The van der Waals surface area contributed by atoms with Crippen molar-refractivity contribution >= 4 is 18.0 Å². The molecule has 0 aliphatic heterocycles. The van der Waals surface area contributed by atoms with Crippen LogP contribution in [0.25, 0.3) is 0 Å². The standard InChI is InChI=1S/C12H22N2O5/c1-5-9(15)14(8-10(16)17)7-6-13-11(18)19-12(2,3)4/h5-8H2,1-4H3,(H,13,18)(H,16,17). The van der Waals surface area contributed by atoms with Crippen LogP contribution >= 0.6 is 0 Å². The maximum atomic E-state index is 11.5. The van der Waals surface area contributed by atoms with Crippen molar-refractivity contribution < 1.29 is 24.2 Å². The molecule has 0 aromatic heterocycles. The first-order chi connectivity index (χ1) is 8.65. The van der Waals surface area contributed by atoms with E-state index in [4.69, 9.17) is 9.84 Å². The maximum Gasteiger partial charge on any atom is 0.407 e. The van der Waals surface area contributed by atoms with Gasteiger partial charge >= 0.3 is 12.1 Å². The molecule has 0 fully saturated rings. The summed E-state index contributed by atoms with van der Waals surface area (Å²) in [6, 6.07) is 0. The number of carboxylic acids is 1. The molecule has 0 aliphatic rings. The van der Waals surface area contributed by atoms with E-state index in [-0.39, 0.29) is 32.0 Å². The second kappa shape index (κ2) is 7.60. The van der Waals surface area contributed by atoms with Crippen molar-refractivity contribution in [2.75, 3.05) is 19.6 Å². The van der Waals surface area contributed by atoms with Gasteiger partial charge in [0.1, 0.15) is 12.1 Å². The van der Waals surface area contributed by atoms with Crippen LogP contribution in [-0.2, 0) is 14.3 Å². The molecular formula is C12H22N2O5. The molecule has 0 saturated carbocycles. The van der Waals surface area contributed by atoms with E-state index in [1.165, 1.54) is 4.90 Å². The lowest BCUT2D eigenvalue weighted by Gasteiger charge is -2.22. The minimum atomic E-state index is -1.08. The highest BCUT2D eigenvalue weighted by Crippen LogP contribution is 2.06. The average Bonchev–Trinajstić information content (AvgIpc) is 2.23. The molecule has 0 rings (SSSR count). The molecule has 0 saturated heterocycles. The van der Waals surface area contributed by atoms with Crippen molar-refractivity contribution in [1.82, 2.24) is 10.2 Å². The van der Waals surface area contributed by atoms with Crippen LogP contribution < -0.4 is 5.32 Å². The molecule has 19 heavy (non-hydrogen) atoms. The third kappa shape index (κ3) is 8.87. The highest BCUT2D eigenvalue weighted by Gasteiger charge is 2.17. The third-order valence-corrected chi connectivity index (χ3v) is 2.03. The molecule has 0 aliphatic carbocycles. The first-order valence-corrected chi connectivity index (χ1v) is 6.12. The molecule has 7 nitrogen and oxygen atoms in total. The van der Waals surface area contributed by atoms with Gasteiger partial charge in [-0.25, -0.2) is 4.79 Å². The summed E-state index contributed by atoms with van der Waals surface area (Å²) in [4.78, 5) is 34.6. The summed E-state index contributed by atoms with van der Waals surface area (Å²) >= 11 is 0. The molecule has 0 radical (unpaired) electrons. The fraction of sp³-hybridized carbons (Fsp3) is 0.750. The Labute approximate surface area is 112 Å². The van der Waals surface area contributed by atoms with Crippen molar-refractivity contribution in [3.63, 3.8) is 0 Å². The number of hydrogen-bond donors (Lipinski definition) is 2. The summed E-state index contributed by atoms with van der Waals surface area (Å²) in [6.45, 7) is 6.78. The number of hydrogen-bond acceptors (Lipinski definition) is 4. The summed E-state index contributed by atoms with van der Waals surface area (Å²) < 4.78 is 5.02. The van der Waals surface area contributed by atoms with Gasteiger partial charge in [0.25, 0.3) is 0 Å². The van der Waals surface area contributed by atoms with Gasteiger partial charge in [-0.15, -0.1) is 0 Å². The van der Waals surface area contributed by atoms with Gasteiger partial charge in [0.15, 0.2) is 0 Å². The molecule has 0 aromatic carbocycles. The molecular weight excluding hydrogens is 252 g/mol. The third-order valence-electron chi connectivity index (χ3n) is 2.03. The van der Waals surface area contributed by atoms with Gasteiger partial charge in [-0.05, 0) is 20.8 Å². The van der Waals surface area contributed by atoms with Crippen LogP contribution in [0.2, 0.25) is 0 Å². The summed E-state index contributed by atoms with van der Waals surface area (Å²) in [5.74, 6) is -1.35. The van der Waals surface area contributed by atoms with Crippen molar-refractivity contribution in [1.29, 1.82) is 0 Å². The maximum absolute atomic E-state index is 11.5. The van der Waals surface area contributed by atoms with E-state index >= 15 is 0 Å². The van der Waals surface area contributed by atoms with Crippen molar-refractivity contribution in [2.24, 2.45) is 0 Å². The number of carbonyl (C=O) groups is 3. The van der Waals surface area contributed by atoms with E-state index in [0.717, 1.165) is 0 Å². The molecule has 7 heteroatoms. The smallest absolute Gasteiger partial charge is 0.407 e. The number of rotatable bonds is 6. The van der Waals surface area contributed by atoms with Gasteiger partial charge in [-0.2, -0.15) is 0 Å². The number of nitrogens with one attached hydrogen (secondary N) is 1. The summed E-state index contributed by atoms with van der Waals surface area (Å²) in [6.07, 6.45) is -0.369. The largest absolute Gasteiger partial charge is 0.480 e. The molecule has 2 N–H and O–H groups in total. The number of nitrogens with zero attached hydrogens (tertiary/aromatic N) is 1.